The quantitative estimate of drug-likeness (QED) is 0.0261. The zero-order valence-corrected chi connectivity index (χ0v) is 49.2. The average molecular weight is 1030 g/mol. The molecule has 6 nitrogen and oxygen atoms in total. The minimum atomic E-state index is -0.777. The van der Waals surface area contributed by atoms with E-state index >= 15 is 0 Å². The SMILES string of the molecule is CCCCCC/C=C\C/C=C\CCCCCCCCCC(=O)OC(COC(=O)CCCCCCCCC/C=C\CCCCCCCCC)COC(=O)CCCCCCCCCCCCCCCCCCCCC. The highest BCUT2D eigenvalue weighted by molar-refractivity contribution is 5.71. The first-order valence-electron chi connectivity index (χ1n) is 32.5. The normalized spacial score (nSPS) is 12.2. The highest BCUT2D eigenvalue weighted by Crippen LogP contribution is 2.17. The molecule has 0 fully saturated rings. The summed E-state index contributed by atoms with van der Waals surface area (Å²) in [7, 11) is 0. The standard InChI is InChI=1S/C67H124O6/c1-4-7-10-13-16-19-22-25-28-31-34-37-39-42-45-48-51-54-57-60-66(69)72-63-64(73-67(70)61-58-55-52-49-46-43-40-36-33-30-27-24-21-18-15-12-9-6-3)62-71-65(68)59-56-53-50-47-44-41-38-35-32-29-26-23-20-17-14-11-8-5-2/h21,24,29-30,32-33,64H,4-20,22-23,25-28,31,34-63H2,1-3H3/b24-21-,32-29-,33-30-. The zero-order chi connectivity index (χ0) is 52.9. The van der Waals surface area contributed by atoms with Crippen LogP contribution in [-0.4, -0.2) is 37.2 Å². The van der Waals surface area contributed by atoms with E-state index in [9.17, 15) is 14.4 Å². The van der Waals surface area contributed by atoms with Crippen LogP contribution in [0.1, 0.15) is 355 Å². The monoisotopic (exact) mass is 1020 g/mol. The van der Waals surface area contributed by atoms with Crippen molar-refractivity contribution in [1.29, 1.82) is 0 Å². The Kier molecular flexibility index (Phi) is 60.2. The molecule has 0 aliphatic carbocycles. The lowest BCUT2D eigenvalue weighted by molar-refractivity contribution is -0.167. The molecular weight excluding hydrogens is 901 g/mol. The van der Waals surface area contributed by atoms with Crippen molar-refractivity contribution in [1.82, 2.24) is 0 Å². The van der Waals surface area contributed by atoms with Crippen molar-refractivity contribution in [3.05, 3.63) is 36.5 Å². The number of hydrogen-bond acceptors (Lipinski definition) is 6. The molecule has 0 N–H and O–H groups in total. The van der Waals surface area contributed by atoms with Crippen LogP contribution in [0.25, 0.3) is 0 Å². The van der Waals surface area contributed by atoms with E-state index in [-0.39, 0.29) is 31.1 Å². The molecule has 0 aliphatic rings. The van der Waals surface area contributed by atoms with Gasteiger partial charge in [-0.1, -0.05) is 295 Å². The lowest BCUT2D eigenvalue weighted by Gasteiger charge is -2.18. The van der Waals surface area contributed by atoms with Gasteiger partial charge in [0, 0.05) is 19.3 Å². The van der Waals surface area contributed by atoms with E-state index in [4.69, 9.17) is 14.2 Å². The summed E-state index contributed by atoms with van der Waals surface area (Å²) in [5.74, 6) is -0.860. The third-order valence-electron chi connectivity index (χ3n) is 14.6. The fourth-order valence-electron chi connectivity index (χ4n) is 9.71. The Hall–Kier alpha value is -2.37. The summed E-state index contributed by atoms with van der Waals surface area (Å²) in [4.78, 5) is 38.3. The molecule has 0 aromatic carbocycles. The predicted octanol–water partition coefficient (Wildman–Crippen LogP) is 22.0. The lowest BCUT2D eigenvalue weighted by atomic mass is 10.0. The summed E-state index contributed by atoms with van der Waals surface area (Å²) in [6.07, 6.45) is 75.7. The molecule has 0 saturated heterocycles. The van der Waals surface area contributed by atoms with Gasteiger partial charge in [-0.3, -0.25) is 14.4 Å². The third-order valence-corrected chi connectivity index (χ3v) is 14.6. The van der Waals surface area contributed by atoms with Gasteiger partial charge in [-0.15, -0.1) is 0 Å². The van der Waals surface area contributed by atoms with Crippen LogP contribution in [-0.2, 0) is 28.6 Å². The van der Waals surface area contributed by atoms with Crippen LogP contribution in [0.4, 0.5) is 0 Å². The van der Waals surface area contributed by atoms with Crippen LogP contribution in [0.2, 0.25) is 0 Å². The topological polar surface area (TPSA) is 78.9 Å². The molecule has 0 saturated carbocycles. The van der Waals surface area contributed by atoms with Gasteiger partial charge in [-0.05, 0) is 77.0 Å². The second-order valence-electron chi connectivity index (χ2n) is 22.0. The number of hydrogen-bond donors (Lipinski definition) is 0. The molecule has 1 unspecified atom stereocenters. The molecule has 0 bridgehead atoms. The van der Waals surface area contributed by atoms with E-state index in [0.29, 0.717) is 19.3 Å². The molecular formula is C67H124O6. The fraction of sp³-hybridized carbons (Fsp3) is 0.866. The molecule has 0 spiro atoms. The summed E-state index contributed by atoms with van der Waals surface area (Å²) in [5, 5.41) is 0. The van der Waals surface area contributed by atoms with E-state index < -0.39 is 6.10 Å². The summed E-state index contributed by atoms with van der Waals surface area (Å²) in [5.41, 5.74) is 0. The Morgan fingerprint density at radius 3 is 0.781 bits per heavy atom. The highest BCUT2D eigenvalue weighted by Gasteiger charge is 2.19. The maximum atomic E-state index is 12.9. The number of allylic oxidation sites excluding steroid dienone is 6. The maximum Gasteiger partial charge on any atom is 0.306 e. The minimum Gasteiger partial charge on any atom is -0.462 e. The second-order valence-corrected chi connectivity index (χ2v) is 22.0. The van der Waals surface area contributed by atoms with E-state index in [0.717, 1.165) is 70.6 Å². The van der Waals surface area contributed by atoms with Crippen LogP contribution >= 0.6 is 0 Å². The van der Waals surface area contributed by atoms with E-state index in [1.54, 1.807) is 0 Å². The Labute approximate surface area is 455 Å². The van der Waals surface area contributed by atoms with E-state index in [1.165, 1.54) is 244 Å². The van der Waals surface area contributed by atoms with E-state index in [2.05, 4.69) is 57.2 Å². The largest absolute Gasteiger partial charge is 0.462 e. The number of ether oxygens (including phenoxy) is 3. The Morgan fingerprint density at radius 2 is 0.493 bits per heavy atom. The molecule has 6 heteroatoms. The van der Waals surface area contributed by atoms with Crippen LogP contribution in [0, 0.1) is 0 Å². The lowest BCUT2D eigenvalue weighted by Crippen LogP contribution is -2.30. The molecule has 0 amide bonds. The molecule has 0 aromatic rings. The van der Waals surface area contributed by atoms with Gasteiger partial charge in [0.05, 0.1) is 0 Å². The third kappa shape index (κ3) is 60.4. The van der Waals surface area contributed by atoms with Gasteiger partial charge in [0.1, 0.15) is 13.2 Å². The number of carbonyl (C=O) groups excluding carboxylic acids is 3. The smallest absolute Gasteiger partial charge is 0.306 e. The molecule has 0 rings (SSSR count). The Bertz CT molecular complexity index is 1220. The average Bonchev–Trinajstić information content (AvgIpc) is 3.39. The Morgan fingerprint density at radius 1 is 0.274 bits per heavy atom. The second kappa shape index (κ2) is 62.2. The first-order chi connectivity index (χ1) is 36.0. The number of esters is 3. The highest BCUT2D eigenvalue weighted by atomic mass is 16.6. The molecule has 0 radical (unpaired) electrons. The zero-order valence-electron chi connectivity index (χ0n) is 49.2. The van der Waals surface area contributed by atoms with Crippen molar-refractivity contribution in [3.63, 3.8) is 0 Å². The van der Waals surface area contributed by atoms with Crippen molar-refractivity contribution in [3.8, 4) is 0 Å². The van der Waals surface area contributed by atoms with Crippen molar-refractivity contribution < 1.29 is 28.6 Å². The first kappa shape index (κ1) is 70.6. The predicted molar refractivity (Wildman–Crippen MR) is 316 cm³/mol. The van der Waals surface area contributed by atoms with Crippen LogP contribution in [0.5, 0.6) is 0 Å². The maximum absolute atomic E-state index is 12.9. The summed E-state index contributed by atoms with van der Waals surface area (Å²) in [6.45, 7) is 6.68. The van der Waals surface area contributed by atoms with Gasteiger partial charge in [-0.2, -0.15) is 0 Å². The van der Waals surface area contributed by atoms with Gasteiger partial charge in [0.25, 0.3) is 0 Å². The molecule has 0 aliphatic heterocycles. The number of unbranched alkanes of at least 4 members (excludes halogenated alkanes) is 43. The van der Waals surface area contributed by atoms with E-state index in [1.807, 2.05) is 0 Å². The summed E-state index contributed by atoms with van der Waals surface area (Å²) in [6, 6.07) is 0. The Balaban J connectivity index is 4.34. The molecule has 0 aromatic heterocycles. The number of carbonyl (C=O) groups is 3. The van der Waals surface area contributed by atoms with Gasteiger partial charge in [0.2, 0.25) is 0 Å². The molecule has 428 valence electrons. The van der Waals surface area contributed by atoms with Gasteiger partial charge < -0.3 is 14.2 Å². The van der Waals surface area contributed by atoms with Crippen molar-refractivity contribution >= 4 is 17.9 Å². The van der Waals surface area contributed by atoms with Gasteiger partial charge in [0.15, 0.2) is 6.10 Å². The van der Waals surface area contributed by atoms with Crippen LogP contribution in [0.15, 0.2) is 36.5 Å². The first-order valence-corrected chi connectivity index (χ1v) is 32.5. The van der Waals surface area contributed by atoms with Crippen LogP contribution in [0.3, 0.4) is 0 Å². The summed E-state index contributed by atoms with van der Waals surface area (Å²) >= 11 is 0. The van der Waals surface area contributed by atoms with Crippen molar-refractivity contribution in [2.24, 2.45) is 0 Å². The molecule has 1 atom stereocenters. The van der Waals surface area contributed by atoms with Crippen molar-refractivity contribution in [2.45, 2.75) is 361 Å². The van der Waals surface area contributed by atoms with Gasteiger partial charge in [-0.25, -0.2) is 0 Å². The van der Waals surface area contributed by atoms with Crippen LogP contribution < -0.4 is 0 Å². The van der Waals surface area contributed by atoms with Gasteiger partial charge >= 0.3 is 17.9 Å². The fourth-order valence-corrected chi connectivity index (χ4v) is 9.71. The molecule has 0 heterocycles. The van der Waals surface area contributed by atoms with Crippen molar-refractivity contribution in [2.75, 3.05) is 13.2 Å². The molecule has 73 heavy (non-hydrogen) atoms. The minimum absolute atomic E-state index is 0.0724. The summed E-state index contributed by atoms with van der Waals surface area (Å²) < 4.78 is 17.0. The number of rotatable bonds is 60.